The zero-order valence-corrected chi connectivity index (χ0v) is 17.7. The Balaban J connectivity index is 1.58. The first kappa shape index (κ1) is 21.1. The van der Waals surface area contributed by atoms with Crippen LogP contribution in [0.25, 0.3) is 6.08 Å². The number of hydrogen-bond donors (Lipinski definition) is 0. The second kappa shape index (κ2) is 9.31. The van der Waals surface area contributed by atoms with Gasteiger partial charge in [-0.2, -0.15) is 0 Å². The number of cyclic esters (lactones) is 1. The normalized spacial score (nSPS) is 14.1. The van der Waals surface area contributed by atoms with Gasteiger partial charge in [-0.15, -0.1) is 0 Å². The summed E-state index contributed by atoms with van der Waals surface area (Å²) in [7, 11) is 0. The van der Waals surface area contributed by atoms with Crippen molar-refractivity contribution in [3.05, 3.63) is 101 Å². The standard InChI is InChI=1S/C26H21NO5/c1-3-30-23-16-18(11-14-22(23)31-25(28)20-12-9-17(2)10-13-20)15-21-26(29)32-24(27-21)19-7-5-4-6-8-19/h4-16H,3H2,1-2H3/b21-15-. The van der Waals surface area contributed by atoms with Crippen LogP contribution in [0.5, 0.6) is 11.5 Å². The van der Waals surface area contributed by atoms with Gasteiger partial charge in [-0.05, 0) is 61.9 Å². The van der Waals surface area contributed by atoms with E-state index in [4.69, 9.17) is 14.2 Å². The smallest absolute Gasteiger partial charge is 0.363 e. The fourth-order valence-corrected chi connectivity index (χ4v) is 3.09. The number of carbonyl (C=O) groups excluding carboxylic acids is 2. The van der Waals surface area contributed by atoms with Crippen molar-refractivity contribution >= 4 is 23.9 Å². The van der Waals surface area contributed by atoms with Gasteiger partial charge >= 0.3 is 11.9 Å². The topological polar surface area (TPSA) is 74.2 Å². The highest BCUT2D eigenvalue weighted by molar-refractivity contribution is 6.12. The molecule has 3 aromatic rings. The molecule has 0 amide bonds. The molecular weight excluding hydrogens is 406 g/mol. The SMILES string of the molecule is CCOc1cc(/C=C2\N=C(c3ccccc3)OC2=O)ccc1OC(=O)c1ccc(C)cc1. The van der Waals surface area contributed by atoms with E-state index in [1.807, 2.05) is 56.3 Å². The summed E-state index contributed by atoms with van der Waals surface area (Å²) in [4.78, 5) is 29.1. The van der Waals surface area contributed by atoms with Crippen LogP contribution in [-0.4, -0.2) is 24.4 Å². The van der Waals surface area contributed by atoms with E-state index >= 15 is 0 Å². The van der Waals surface area contributed by atoms with Gasteiger partial charge in [-0.25, -0.2) is 14.6 Å². The minimum atomic E-state index is -0.531. The Morgan fingerprint density at radius 1 is 1.00 bits per heavy atom. The molecule has 0 aliphatic carbocycles. The third-order valence-corrected chi connectivity index (χ3v) is 4.70. The highest BCUT2D eigenvalue weighted by atomic mass is 16.6. The van der Waals surface area contributed by atoms with E-state index in [2.05, 4.69) is 4.99 Å². The van der Waals surface area contributed by atoms with Gasteiger partial charge in [0.05, 0.1) is 12.2 Å². The molecule has 1 aliphatic rings. The number of esters is 2. The lowest BCUT2D eigenvalue weighted by atomic mass is 10.1. The van der Waals surface area contributed by atoms with Crippen molar-refractivity contribution in [2.24, 2.45) is 4.99 Å². The molecule has 3 aromatic carbocycles. The second-order valence-electron chi connectivity index (χ2n) is 7.10. The number of benzene rings is 3. The van der Waals surface area contributed by atoms with E-state index in [1.54, 1.807) is 36.4 Å². The van der Waals surface area contributed by atoms with Crippen LogP contribution in [0.3, 0.4) is 0 Å². The van der Waals surface area contributed by atoms with Crippen LogP contribution >= 0.6 is 0 Å². The molecule has 0 radical (unpaired) electrons. The number of nitrogens with zero attached hydrogens (tertiary/aromatic N) is 1. The Morgan fingerprint density at radius 3 is 2.47 bits per heavy atom. The van der Waals surface area contributed by atoms with Crippen molar-refractivity contribution in [3.63, 3.8) is 0 Å². The molecule has 0 N–H and O–H groups in total. The van der Waals surface area contributed by atoms with Crippen molar-refractivity contribution in [3.8, 4) is 11.5 Å². The molecule has 160 valence electrons. The molecule has 32 heavy (non-hydrogen) atoms. The molecule has 1 heterocycles. The van der Waals surface area contributed by atoms with E-state index in [-0.39, 0.29) is 11.6 Å². The predicted molar refractivity (Wildman–Crippen MR) is 121 cm³/mol. The summed E-state index contributed by atoms with van der Waals surface area (Å²) < 4.78 is 16.5. The van der Waals surface area contributed by atoms with E-state index in [0.717, 1.165) is 11.1 Å². The number of rotatable bonds is 6. The molecule has 0 saturated heterocycles. The average molecular weight is 427 g/mol. The largest absolute Gasteiger partial charge is 0.490 e. The lowest BCUT2D eigenvalue weighted by Crippen LogP contribution is -2.09. The van der Waals surface area contributed by atoms with Gasteiger partial charge in [0.1, 0.15) is 0 Å². The number of carbonyl (C=O) groups is 2. The summed E-state index contributed by atoms with van der Waals surface area (Å²) in [6, 6.07) is 21.4. The minimum Gasteiger partial charge on any atom is -0.490 e. The lowest BCUT2D eigenvalue weighted by Gasteiger charge is -2.11. The molecule has 0 fully saturated rings. The first-order chi connectivity index (χ1) is 15.5. The fourth-order valence-electron chi connectivity index (χ4n) is 3.09. The Morgan fingerprint density at radius 2 is 1.75 bits per heavy atom. The molecule has 0 bridgehead atoms. The predicted octanol–water partition coefficient (Wildman–Crippen LogP) is 4.96. The van der Waals surface area contributed by atoms with Crippen LogP contribution in [0.2, 0.25) is 0 Å². The Kier molecular flexibility index (Phi) is 6.12. The Bertz CT molecular complexity index is 1210. The first-order valence-electron chi connectivity index (χ1n) is 10.2. The lowest BCUT2D eigenvalue weighted by molar-refractivity contribution is -0.129. The van der Waals surface area contributed by atoms with E-state index in [9.17, 15) is 9.59 Å². The molecule has 0 unspecified atom stereocenters. The van der Waals surface area contributed by atoms with Crippen molar-refractivity contribution in [2.75, 3.05) is 6.61 Å². The highest BCUT2D eigenvalue weighted by Crippen LogP contribution is 2.31. The monoisotopic (exact) mass is 427 g/mol. The maximum absolute atomic E-state index is 12.5. The van der Waals surface area contributed by atoms with Crippen LogP contribution in [0, 0.1) is 6.92 Å². The van der Waals surface area contributed by atoms with Crippen LogP contribution in [0.15, 0.2) is 83.5 Å². The summed E-state index contributed by atoms with van der Waals surface area (Å²) in [5.41, 5.74) is 3.06. The zero-order chi connectivity index (χ0) is 22.5. The van der Waals surface area contributed by atoms with Gasteiger partial charge in [-0.1, -0.05) is 42.0 Å². The summed E-state index contributed by atoms with van der Waals surface area (Å²) in [6.07, 6.45) is 1.60. The number of ether oxygens (including phenoxy) is 3. The second-order valence-corrected chi connectivity index (χ2v) is 7.10. The van der Waals surface area contributed by atoms with Crippen LogP contribution < -0.4 is 9.47 Å². The van der Waals surface area contributed by atoms with Crippen molar-refractivity contribution in [1.82, 2.24) is 0 Å². The van der Waals surface area contributed by atoms with Gasteiger partial charge in [0, 0.05) is 5.56 Å². The van der Waals surface area contributed by atoms with Gasteiger partial charge in [-0.3, -0.25) is 0 Å². The molecule has 0 aromatic heterocycles. The molecular formula is C26H21NO5. The maximum Gasteiger partial charge on any atom is 0.363 e. The molecule has 1 aliphatic heterocycles. The van der Waals surface area contributed by atoms with Gasteiger partial charge in [0.25, 0.3) is 0 Å². The maximum atomic E-state index is 12.5. The van der Waals surface area contributed by atoms with Crippen molar-refractivity contribution in [1.29, 1.82) is 0 Å². The van der Waals surface area contributed by atoms with Gasteiger partial charge < -0.3 is 14.2 Å². The Hall–Kier alpha value is -4.19. The summed E-state index contributed by atoms with van der Waals surface area (Å²) >= 11 is 0. The summed E-state index contributed by atoms with van der Waals surface area (Å²) in [6.45, 7) is 4.16. The number of aryl methyl sites for hydroxylation is 1. The van der Waals surface area contributed by atoms with Crippen LogP contribution in [0.4, 0.5) is 0 Å². The molecule has 4 rings (SSSR count). The zero-order valence-electron chi connectivity index (χ0n) is 17.7. The van der Waals surface area contributed by atoms with E-state index < -0.39 is 11.9 Å². The van der Waals surface area contributed by atoms with Gasteiger partial charge in [0.2, 0.25) is 5.90 Å². The molecule has 6 nitrogen and oxygen atoms in total. The Labute approximate surface area is 185 Å². The number of hydrogen-bond acceptors (Lipinski definition) is 6. The minimum absolute atomic E-state index is 0.177. The van der Waals surface area contributed by atoms with Crippen molar-refractivity contribution < 1.29 is 23.8 Å². The summed E-state index contributed by atoms with van der Waals surface area (Å²) in [5, 5.41) is 0. The average Bonchev–Trinajstić information content (AvgIpc) is 3.17. The third-order valence-electron chi connectivity index (χ3n) is 4.70. The third kappa shape index (κ3) is 4.75. The quantitative estimate of drug-likeness (QED) is 0.316. The first-order valence-corrected chi connectivity index (χ1v) is 10.2. The van der Waals surface area contributed by atoms with Gasteiger partial charge in [0.15, 0.2) is 17.2 Å². The summed E-state index contributed by atoms with van der Waals surface area (Å²) in [5.74, 6) is -0.0660. The van der Waals surface area contributed by atoms with E-state index in [0.29, 0.717) is 29.2 Å². The molecule has 6 heteroatoms. The van der Waals surface area contributed by atoms with Crippen LogP contribution in [-0.2, 0) is 9.53 Å². The molecule has 0 atom stereocenters. The van der Waals surface area contributed by atoms with Crippen LogP contribution in [0.1, 0.15) is 34.0 Å². The number of aliphatic imine (C=N–C) groups is 1. The molecule has 0 spiro atoms. The molecule has 0 saturated carbocycles. The van der Waals surface area contributed by atoms with Crippen molar-refractivity contribution in [2.45, 2.75) is 13.8 Å². The van der Waals surface area contributed by atoms with E-state index in [1.165, 1.54) is 0 Å². The highest BCUT2D eigenvalue weighted by Gasteiger charge is 2.24. The fraction of sp³-hybridized carbons (Fsp3) is 0.115.